The van der Waals surface area contributed by atoms with Crippen LogP contribution in [0.4, 0.5) is 0 Å². The standard InChI is InChI=1S/C16H21NO3S/c1-14-6-3-2-4-12-17(14)21(19,20)16-10-8-15(9-11-16)7-5-13-18/h8-11,14,18H,2-4,6,12-13H2,1H3. The molecular weight excluding hydrogens is 286 g/mol. The van der Waals surface area contributed by atoms with Crippen LogP contribution in [0.15, 0.2) is 29.2 Å². The van der Waals surface area contributed by atoms with E-state index in [0.29, 0.717) is 17.0 Å². The van der Waals surface area contributed by atoms with Gasteiger partial charge in [0.05, 0.1) is 4.90 Å². The molecule has 1 saturated heterocycles. The Morgan fingerprint density at radius 1 is 1.24 bits per heavy atom. The summed E-state index contributed by atoms with van der Waals surface area (Å²) in [5.41, 5.74) is 0.701. The molecule has 1 N–H and O–H groups in total. The van der Waals surface area contributed by atoms with Crippen molar-refractivity contribution in [1.82, 2.24) is 4.31 Å². The number of nitrogens with zero attached hydrogens (tertiary/aromatic N) is 1. The molecule has 0 bridgehead atoms. The molecule has 1 heterocycles. The summed E-state index contributed by atoms with van der Waals surface area (Å²) < 4.78 is 27.1. The van der Waals surface area contributed by atoms with E-state index in [9.17, 15) is 8.42 Å². The second-order valence-corrected chi connectivity index (χ2v) is 7.19. The van der Waals surface area contributed by atoms with Crippen LogP contribution in [-0.2, 0) is 10.0 Å². The SMILES string of the molecule is CC1CCCCCN1S(=O)(=O)c1ccc(C#CCO)cc1. The van der Waals surface area contributed by atoms with Crippen LogP contribution in [0.25, 0.3) is 0 Å². The summed E-state index contributed by atoms with van der Waals surface area (Å²) in [7, 11) is -3.44. The first-order valence-electron chi connectivity index (χ1n) is 7.27. The van der Waals surface area contributed by atoms with Crippen molar-refractivity contribution in [2.45, 2.75) is 43.5 Å². The van der Waals surface area contributed by atoms with Gasteiger partial charge in [-0.25, -0.2) is 8.42 Å². The molecule has 1 fully saturated rings. The predicted octanol–water partition coefficient (Wildman–Crippen LogP) is 1.98. The third-order valence-electron chi connectivity index (χ3n) is 3.76. The highest BCUT2D eigenvalue weighted by Gasteiger charge is 2.29. The molecule has 21 heavy (non-hydrogen) atoms. The van der Waals surface area contributed by atoms with Crippen molar-refractivity contribution < 1.29 is 13.5 Å². The first-order valence-corrected chi connectivity index (χ1v) is 8.71. The van der Waals surface area contributed by atoms with E-state index < -0.39 is 10.0 Å². The molecule has 0 aliphatic carbocycles. The average Bonchev–Trinajstić information content (AvgIpc) is 2.70. The van der Waals surface area contributed by atoms with Crippen LogP contribution in [0, 0.1) is 11.8 Å². The molecule has 5 heteroatoms. The van der Waals surface area contributed by atoms with Crippen LogP contribution < -0.4 is 0 Å². The lowest BCUT2D eigenvalue weighted by Crippen LogP contribution is -2.38. The lowest BCUT2D eigenvalue weighted by Gasteiger charge is -2.26. The molecule has 114 valence electrons. The number of sulfonamides is 1. The summed E-state index contributed by atoms with van der Waals surface area (Å²) in [6.45, 7) is 2.37. The normalized spacial score (nSPS) is 20.4. The van der Waals surface area contributed by atoms with Crippen molar-refractivity contribution in [2.24, 2.45) is 0 Å². The number of hydrogen-bond acceptors (Lipinski definition) is 3. The molecule has 1 atom stereocenters. The zero-order valence-electron chi connectivity index (χ0n) is 12.2. The maximum atomic E-state index is 12.7. The van der Waals surface area contributed by atoms with E-state index in [4.69, 9.17) is 5.11 Å². The summed E-state index contributed by atoms with van der Waals surface area (Å²) in [5.74, 6) is 5.31. The van der Waals surface area contributed by atoms with Gasteiger partial charge in [-0.1, -0.05) is 24.7 Å². The van der Waals surface area contributed by atoms with Gasteiger partial charge < -0.3 is 5.11 Å². The van der Waals surface area contributed by atoms with Gasteiger partial charge in [-0.3, -0.25) is 0 Å². The lowest BCUT2D eigenvalue weighted by atomic mass is 10.1. The van der Waals surface area contributed by atoms with Crippen LogP contribution in [0.1, 0.15) is 38.2 Å². The van der Waals surface area contributed by atoms with Gasteiger partial charge in [0, 0.05) is 18.2 Å². The summed E-state index contributed by atoms with van der Waals surface area (Å²) in [6.07, 6.45) is 4.01. The van der Waals surface area contributed by atoms with Crippen LogP contribution >= 0.6 is 0 Å². The van der Waals surface area contributed by atoms with Gasteiger partial charge in [0.1, 0.15) is 6.61 Å². The van der Waals surface area contributed by atoms with Crippen molar-refractivity contribution in [3.8, 4) is 11.8 Å². The summed E-state index contributed by atoms with van der Waals surface area (Å²) in [4.78, 5) is 0.311. The minimum Gasteiger partial charge on any atom is -0.384 e. The molecule has 1 aromatic carbocycles. The van der Waals surface area contributed by atoms with Crippen molar-refractivity contribution >= 4 is 10.0 Å². The van der Waals surface area contributed by atoms with Gasteiger partial charge >= 0.3 is 0 Å². The summed E-state index contributed by atoms with van der Waals surface area (Å²) >= 11 is 0. The van der Waals surface area contributed by atoms with Crippen LogP contribution in [0.5, 0.6) is 0 Å². The van der Waals surface area contributed by atoms with E-state index in [1.807, 2.05) is 6.92 Å². The Bertz CT molecular complexity index is 626. The second kappa shape index (κ2) is 7.08. The monoisotopic (exact) mass is 307 g/mol. The maximum absolute atomic E-state index is 12.7. The van der Waals surface area contributed by atoms with Crippen LogP contribution in [0.3, 0.4) is 0 Å². The molecule has 1 unspecified atom stereocenters. The van der Waals surface area contributed by atoms with Crippen molar-refractivity contribution in [2.75, 3.05) is 13.2 Å². The summed E-state index contributed by atoms with van der Waals surface area (Å²) in [6, 6.07) is 6.59. The van der Waals surface area contributed by atoms with Crippen LogP contribution in [0.2, 0.25) is 0 Å². The average molecular weight is 307 g/mol. The molecule has 1 aliphatic rings. The van der Waals surface area contributed by atoms with Crippen molar-refractivity contribution in [3.63, 3.8) is 0 Å². The number of benzene rings is 1. The predicted molar refractivity (Wildman–Crippen MR) is 82.2 cm³/mol. The lowest BCUT2D eigenvalue weighted by molar-refractivity contribution is 0.342. The van der Waals surface area contributed by atoms with Crippen LogP contribution in [-0.4, -0.2) is 37.0 Å². The first kappa shape index (κ1) is 16.0. The molecule has 1 aromatic rings. The summed E-state index contributed by atoms with van der Waals surface area (Å²) in [5, 5.41) is 8.66. The number of aliphatic hydroxyl groups excluding tert-OH is 1. The smallest absolute Gasteiger partial charge is 0.243 e. The minimum absolute atomic E-state index is 0.0476. The van der Waals surface area contributed by atoms with E-state index in [-0.39, 0.29) is 12.6 Å². The maximum Gasteiger partial charge on any atom is 0.243 e. The molecule has 1 aliphatic heterocycles. The fourth-order valence-electron chi connectivity index (χ4n) is 2.59. The number of aliphatic hydroxyl groups is 1. The van der Waals surface area contributed by atoms with E-state index in [1.165, 1.54) is 0 Å². The molecule has 0 amide bonds. The third kappa shape index (κ3) is 3.85. The van der Waals surface area contributed by atoms with Gasteiger partial charge in [-0.05, 0) is 44.0 Å². The first-order chi connectivity index (χ1) is 10.1. The highest BCUT2D eigenvalue weighted by molar-refractivity contribution is 7.89. The Kier molecular flexibility index (Phi) is 5.40. The van der Waals surface area contributed by atoms with Gasteiger partial charge in [0.25, 0.3) is 0 Å². The molecular formula is C16H21NO3S. The zero-order valence-corrected chi connectivity index (χ0v) is 13.1. The van der Waals surface area contributed by atoms with E-state index in [0.717, 1.165) is 25.7 Å². The largest absolute Gasteiger partial charge is 0.384 e. The molecule has 0 radical (unpaired) electrons. The molecule has 0 spiro atoms. The van der Waals surface area contributed by atoms with E-state index in [1.54, 1.807) is 28.6 Å². The number of rotatable bonds is 2. The van der Waals surface area contributed by atoms with E-state index in [2.05, 4.69) is 11.8 Å². The minimum atomic E-state index is -3.44. The van der Waals surface area contributed by atoms with Crippen molar-refractivity contribution in [1.29, 1.82) is 0 Å². The Hall–Kier alpha value is -1.35. The second-order valence-electron chi connectivity index (χ2n) is 5.30. The molecule has 0 aromatic heterocycles. The Balaban J connectivity index is 2.26. The number of hydrogen-bond donors (Lipinski definition) is 1. The Morgan fingerprint density at radius 2 is 1.95 bits per heavy atom. The van der Waals surface area contributed by atoms with Gasteiger partial charge in [-0.2, -0.15) is 4.31 Å². The molecule has 2 rings (SSSR count). The fraction of sp³-hybridized carbons (Fsp3) is 0.500. The fourth-order valence-corrected chi connectivity index (χ4v) is 4.29. The Labute approximate surface area is 126 Å². The molecule has 0 saturated carbocycles. The zero-order chi connectivity index (χ0) is 15.3. The van der Waals surface area contributed by atoms with Gasteiger partial charge in [0.2, 0.25) is 10.0 Å². The quantitative estimate of drug-likeness (QED) is 0.850. The highest BCUT2D eigenvalue weighted by Crippen LogP contribution is 2.24. The van der Waals surface area contributed by atoms with Crippen molar-refractivity contribution in [3.05, 3.63) is 29.8 Å². The topological polar surface area (TPSA) is 57.6 Å². The molecule has 4 nitrogen and oxygen atoms in total. The Morgan fingerprint density at radius 3 is 2.62 bits per heavy atom. The van der Waals surface area contributed by atoms with Gasteiger partial charge in [0.15, 0.2) is 0 Å². The van der Waals surface area contributed by atoms with E-state index >= 15 is 0 Å². The van der Waals surface area contributed by atoms with Gasteiger partial charge in [-0.15, -0.1) is 0 Å². The highest BCUT2D eigenvalue weighted by atomic mass is 32.2. The third-order valence-corrected chi connectivity index (χ3v) is 5.79.